The SMILES string of the molecule is Cc1cc(CNC(=O)[C@@H](NS(=O)(=O)c2ccc3c(c2)OCCCO3)C(C)C)ccc1F. The fourth-order valence-electron chi connectivity index (χ4n) is 3.15. The average molecular weight is 451 g/mol. The van der Waals surface area contributed by atoms with E-state index in [1.54, 1.807) is 39.0 Å². The third kappa shape index (κ3) is 5.74. The van der Waals surface area contributed by atoms with Gasteiger partial charge in [0, 0.05) is 19.0 Å². The zero-order chi connectivity index (χ0) is 22.6. The molecule has 0 bridgehead atoms. The Kier molecular flexibility index (Phi) is 7.17. The van der Waals surface area contributed by atoms with Crippen molar-refractivity contribution in [3.8, 4) is 11.5 Å². The summed E-state index contributed by atoms with van der Waals surface area (Å²) in [4.78, 5) is 12.7. The summed E-state index contributed by atoms with van der Waals surface area (Å²) in [6.45, 7) is 6.24. The Morgan fingerprint density at radius 3 is 2.48 bits per heavy atom. The molecular weight excluding hydrogens is 423 g/mol. The predicted octanol–water partition coefficient (Wildman–Crippen LogP) is 2.91. The Hall–Kier alpha value is -2.65. The molecular formula is C22H27FN2O5S. The maximum absolute atomic E-state index is 13.4. The predicted molar refractivity (Wildman–Crippen MR) is 114 cm³/mol. The highest BCUT2D eigenvalue weighted by Crippen LogP contribution is 2.32. The third-order valence-electron chi connectivity index (χ3n) is 4.95. The first-order valence-corrected chi connectivity index (χ1v) is 11.6. The van der Waals surface area contributed by atoms with Gasteiger partial charge in [0.15, 0.2) is 11.5 Å². The van der Waals surface area contributed by atoms with Crippen molar-refractivity contribution in [2.75, 3.05) is 13.2 Å². The highest BCUT2D eigenvalue weighted by molar-refractivity contribution is 7.89. The van der Waals surface area contributed by atoms with Crippen molar-refractivity contribution in [2.45, 2.75) is 44.7 Å². The monoisotopic (exact) mass is 450 g/mol. The second kappa shape index (κ2) is 9.65. The van der Waals surface area contributed by atoms with Gasteiger partial charge in [0.2, 0.25) is 15.9 Å². The summed E-state index contributed by atoms with van der Waals surface area (Å²) in [5, 5.41) is 2.73. The van der Waals surface area contributed by atoms with Crippen LogP contribution in [-0.2, 0) is 21.4 Å². The third-order valence-corrected chi connectivity index (χ3v) is 6.39. The number of hydrogen-bond donors (Lipinski definition) is 2. The second-order valence-electron chi connectivity index (χ2n) is 7.80. The number of sulfonamides is 1. The smallest absolute Gasteiger partial charge is 0.241 e. The lowest BCUT2D eigenvalue weighted by Gasteiger charge is -2.22. The molecule has 9 heteroatoms. The standard InChI is InChI=1S/C22H27FN2O5S/c1-14(2)21(22(26)24-13-16-5-7-18(23)15(3)11-16)25-31(27,28)17-6-8-19-20(12-17)30-10-4-9-29-19/h5-8,11-12,14,21,25H,4,9-10,13H2,1-3H3,(H,24,26)/t21-/m0/s1. The normalized spacial score (nSPS) is 14.7. The van der Waals surface area contributed by atoms with E-state index in [0.717, 1.165) is 5.56 Å². The van der Waals surface area contributed by atoms with Crippen LogP contribution in [0.25, 0.3) is 0 Å². The quantitative estimate of drug-likeness (QED) is 0.677. The molecule has 0 aliphatic carbocycles. The van der Waals surface area contributed by atoms with Crippen LogP contribution in [0.5, 0.6) is 11.5 Å². The minimum absolute atomic E-state index is 0.00985. The van der Waals surface area contributed by atoms with Gasteiger partial charge in [0.25, 0.3) is 0 Å². The van der Waals surface area contributed by atoms with Crippen LogP contribution in [0.15, 0.2) is 41.3 Å². The number of carbonyl (C=O) groups excluding carboxylic acids is 1. The summed E-state index contributed by atoms with van der Waals surface area (Å²) in [6.07, 6.45) is 0.707. The van der Waals surface area contributed by atoms with Crippen LogP contribution in [0.2, 0.25) is 0 Å². The summed E-state index contributed by atoms with van der Waals surface area (Å²) in [6, 6.07) is 7.95. The molecule has 1 amide bonds. The fraction of sp³-hybridized carbons (Fsp3) is 0.409. The average Bonchev–Trinajstić information content (AvgIpc) is 2.97. The van der Waals surface area contributed by atoms with E-state index in [-0.39, 0.29) is 23.2 Å². The number of aryl methyl sites for hydroxylation is 1. The van der Waals surface area contributed by atoms with Gasteiger partial charge in [-0.3, -0.25) is 4.79 Å². The van der Waals surface area contributed by atoms with Gasteiger partial charge in [0.05, 0.1) is 18.1 Å². The van der Waals surface area contributed by atoms with Crippen molar-refractivity contribution in [1.82, 2.24) is 10.0 Å². The number of fused-ring (bicyclic) bond motifs is 1. The molecule has 168 valence electrons. The molecule has 2 N–H and O–H groups in total. The van der Waals surface area contributed by atoms with Crippen molar-refractivity contribution in [1.29, 1.82) is 0 Å². The van der Waals surface area contributed by atoms with Crippen molar-refractivity contribution in [2.24, 2.45) is 5.92 Å². The van der Waals surface area contributed by atoms with Gasteiger partial charge in [-0.05, 0) is 42.2 Å². The van der Waals surface area contributed by atoms with Crippen LogP contribution in [0.4, 0.5) is 4.39 Å². The van der Waals surface area contributed by atoms with E-state index in [2.05, 4.69) is 10.0 Å². The Bertz CT molecular complexity index is 1060. The maximum atomic E-state index is 13.4. The minimum Gasteiger partial charge on any atom is -0.490 e. The number of carbonyl (C=O) groups is 1. The van der Waals surface area contributed by atoms with Gasteiger partial charge in [0.1, 0.15) is 11.9 Å². The van der Waals surface area contributed by atoms with Crippen LogP contribution in [-0.4, -0.2) is 33.6 Å². The van der Waals surface area contributed by atoms with Gasteiger partial charge in [-0.15, -0.1) is 0 Å². The lowest BCUT2D eigenvalue weighted by molar-refractivity contribution is -0.123. The minimum atomic E-state index is -3.99. The summed E-state index contributed by atoms with van der Waals surface area (Å²) < 4.78 is 52.9. The van der Waals surface area contributed by atoms with Crippen LogP contribution >= 0.6 is 0 Å². The molecule has 3 rings (SSSR count). The maximum Gasteiger partial charge on any atom is 0.241 e. The zero-order valence-corrected chi connectivity index (χ0v) is 18.6. The largest absolute Gasteiger partial charge is 0.490 e. The molecule has 1 aliphatic heterocycles. The summed E-state index contributed by atoms with van der Waals surface area (Å²) >= 11 is 0. The molecule has 0 spiro atoms. The number of benzene rings is 2. The highest BCUT2D eigenvalue weighted by Gasteiger charge is 2.29. The number of ether oxygens (including phenoxy) is 2. The van der Waals surface area contributed by atoms with Crippen molar-refractivity contribution >= 4 is 15.9 Å². The van der Waals surface area contributed by atoms with Gasteiger partial charge >= 0.3 is 0 Å². The number of hydrogen-bond acceptors (Lipinski definition) is 5. The summed E-state index contributed by atoms with van der Waals surface area (Å²) in [7, 11) is -3.99. The Labute approximate surface area is 182 Å². The Balaban J connectivity index is 1.73. The molecule has 0 unspecified atom stereocenters. The zero-order valence-electron chi connectivity index (χ0n) is 17.8. The van der Waals surface area contributed by atoms with Crippen LogP contribution in [0.1, 0.15) is 31.4 Å². The first-order chi connectivity index (χ1) is 14.7. The van der Waals surface area contributed by atoms with E-state index in [9.17, 15) is 17.6 Å². The van der Waals surface area contributed by atoms with E-state index in [0.29, 0.717) is 36.7 Å². The lowest BCUT2D eigenvalue weighted by atomic mass is 10.0. The summed E-state index contributed by atoms with van der Waals surface area (Å²) in [5.74, 6) is -0.236. The molecule has 2 aromatic rings. The molecule has 7 nitrogen and oxygen atoms in total. The van der Waals surface area contributed by atoms with Crippen LogP contribution in [0.3, 0.4) is 0 Å². The van der Waals surface area contributed by atoms with Crippen LogP contribution in [0, 0.1) is 18.7 Å². The lowest BCUT2D eigenvalue weighted by Crippen LogP contribution is -2.49. The van der Waals surface area contributed by atoms with Crippen molar-refractivity contribution in [3.05, 3.63) is 53.3 Å². The van der Waals surface area contributed by atoms with E-state index >= 15 is 0 Å². The summed E-state index contributed by atoms with van der Waals surface area (Å²) in [5.41, 5.74) is 1.20. The van der Waals surface area contributed by atoms with E-state index in [1.165, 1.54) is 18.2 Å². The van der Waals surface area contributed by atoms with Gasteiger partial charge in [-0.1, -0.05) is 26.0 Å². The Morgan fingerprint density at radius 2 is 1.81 bits per heavy atom. The number of amides is 1. The topological polar surface area (TPSA) is 93.7 Å². The molecule has 0 saturated carbocycles. The van der Waals surface area contributed by atoms with E-state index in [1.807, 2.05) is 0 Å². The highest BCUT2D eigenvalue weighted by atomic mass is 32.2. The molecule has 1 aliphatic rings. The number of rotatable bonds is 7. The molecule has 0 fully saturated rings. The van der Waals surface area contributed by atoms with Gasteiger partial charge in [-0.25, -0.2) is 12.8 Å². The van der Waals surface area contributed by atoms with E-state index in [4.69, 9.17) is 9.47 Å². The number of halogens is 1. The van der Waals surface area contributed by atoms with E-state index < -0.39 is 22.0 Å². The molecule has 2 aromatic carbocycles. The van der Waals surface area contributed by atoms with Crippen molar-refractivity contribution < 1.29 is 27.1 Å². The molecule has 0 aromatic heterocycles. The molecule has 1 heterocycles. The van der Waals surface area contributed by atoms with Gasteiger partial charge < -0.3 is 14.8 Å². The Morgan fingerprint density at radius 1 is 1.10 bits per heavy atom. The molecule has 1 atom stereocenters. The molecule has 31 heavy (non-hydrogen) atoms. The first-order valence-electron chi connectivity index (χ1n) is 10.1. The first kappa shape index (κ1) is 23.0. The fourth-order valence-corrected chi connectivity index (χ4v) is 4.51. The van der Waals surface area contributed by atoms with Crippen molar-refractivity contribution in [3.63, 3.8) is 0 Å². The second-order valence-corrected chi connectivity index (χ2v) is 9.52. The molecule has 0 saturated heterocycles. The molecule has 0 radical (unpaired) electrons. The van der Waals surface area contributed by atoms with Gasteiger partial charge in [-0.2, -0.15) is 4.72 Å². The van der Waals surface area contributed by atoms with Crippen LogP contribution < -0.4 is 19.5 Å². The number of nitrogens with one attached hydrogen (secondary N) is 2.